The predicted octanol–water partition coefficient (Wildman–Crippen LogP) is 4.10. The molecule has 2 aliphatic heterocycles. The van der Waals surface area contributed by atoms with Crippen LogP contribution < -0.4 is 5.32 Å². The Morgan fingerprint density at radius 3 is 2.36 bits per heavy atom. The minimum Gasteiger partial charge on any atom is -0.350 e. The third kappa shape index (κ3) is 4.98. The van der Waals surface area contributed by atoms with Crippen molar-refractivity contribution in [2.45, 2.75) is 39.1 Å². The highest BCUT2D eigenvalue weighted by atomic mass is 32.2. The number of amides is 4. The van der Waals surface area contributed by atoms with E-state index < -0.39 is 11.9 Å². The van der Waals surface area contributed by atoms with Crippen molar-refractivity contribution in [3.63, 3.8) is 0 Å². The average Bonchev–Trinajstić information content (AvgIpc) is 3.11. The minimum absolute atomic E-state index is 0.0749. The molecule has 0 radical (unpaired) electrons. The molecular formula is C26H29N3O3S. The van der Waals surface area contributed by atoms with E-state index in [4.69, 9.17) is 0 Å². The van der Waals surface area contributed by atoms with Crippen molar-refractivity contribution in [1.82, 2.24) is 15.1 Å². The fraction of sp³-hybridized carbons (Fsp3) is 0.346. The lowest BCUT2D eigenvalue weighted by Gasteiger charge is -2.41. The number of thioether (sulfide) groups is 1. The molecule has 6 nitrogen and oxygen atoms in total. The van der Waals surface area contributed by atoms with E-state index >= 15 is 0 Å². The summed E-state index contributed by atoms with van der Waals surface area (Å²) >= 11 is 1.50. The lowest BCUT2D eigenvalue weighted by molar-refractivity contribution is -0.136. The summed E-state index contributed by atoms with van der Waals surface area (Å²) in [6.45, 7) is 6.56. The highest BCUT2D eigenvalue weighted by molar-refractivity contribution is 8.03. The summed E-state index contributed by atoms with van der Waals surface area (Å²) in [6.07, 6.45) is 0.581. The van der Waals surface area contributed by atoms with Gasteiger partial charge in [0.2, 0.25) is 11.8 Å². The monoisotopic (exact) mass is 463 g/mol. The van der Waals surface area contributed by atoms with Crippen molar-refractivity contribution in [1.29, 1.82) is 0 Å². The largest absolute Gasteiger partial charge is 0.350 e. The Morgan fingerprint density at radius 1 is 0.970 bits per heavy atom. The molecule has 172 valence electrons. The van der Waals surface area contributed by atoms with Crippen LogP contribution in [0.25, 0.3) is 0 Å². The van der Waals surface area contributed by atoms with Crippen molar-refractivity contribution >= 4 is 29.6 Å². The van der Waals surface area contributed by atoms with Gasteiger partial charge in [0.1, 0.15) is 6.54 Å². The van der Waals surface area contributed by atoms with Crippen molar-refractivity contribution < 1.29 is 14.4 Å². The van der Waals surface area contributed by atoms with E-state index in [-0.39, 0.29) is 23.7 Å². The Labute approximate surface area is 199 Å². The number of urea groups is 1. The number of rotatable bonds is 7. The number of nitrogens with one attached hydrogen (secondary N) is 1. The maximum atomic E-state index is 13.4. The molecule has 2 aromatic rings. The van der Waals surface area contributed by atoms with E-state index in [1.54, 1.807) is 4.90 Å². The van der Waals surface area contributed by atoms with Gasteiger partial charge in [0, 0.05) is 13.1 Å². The second kappa shape index (κ2) is 9.83. The van der Waals surface area contributed by atoms with Crippen LogP contribution in [0.2, 0.25) is 0 Å². The van der Waals surface area contributed by atoms with Crippen LogP contribution in [-0.4, -0.2) is 46.1 Å². The number of aryl methyl sites for hydroxylation is 1. The van der Waals surface area contributed by atoms with Crippen LogP contribution in [0.5, 0.6) is 0 Å². The SMILES string of the molecule is CC1=C(C)C2C(=O)N(CCc3ccccc3)C(=O)N(CC(=O)NCc3ccc(C)cc3)C2S1. The van der Waals surface area contributed by atoms with Crippen LogP contribution in [0.1, 0.15) is 30.5 Å². The van der Waals surface area contributed by atoms with Gasteiger partial charge in [-0.05, 0) is 48.8 Å². The fourth-order valence-corrected chi connectivity index (χ4v) is 5.64. The van der Waals surface area contributed by atoms with Gasteiger partial charge >= 0.3 is 6.03 Å². The zero-order chi connectivity index (χ0) is 23.5. The van der Waals surface area contributed by atoms with Gasteiger partial charge in [-0.15, -0.1) is 11.8 Å². The highest BCUT2D eigenvalue weighted by Crippen LogP contribution is 2.46. The molecule has 1 fully saturated rings. The maximum Gasteiger partial charge on any atom is 0.328 e. The first kappa shape index (κ1) is 23.1. The van der Waals surface area contributed by atoms with E-state index in [2.05, 4.69) is 5.32 Å². The molecule has 7 heteroatoms. The number of carbonyl (C=O) groups is 3. The Balaban J connectivity index is 1.47. The summed E-state index contributed by atoms with van der Waals surface area (Å²) in [5, 5.41) is 2.54. The Morgan fingerprint density at radius 2 is 1.67 bits per heavy atom. The molecule has 0 aromatic heterocycles. The molecule has 0 spiro atoms. The molecule has 0 saturated carbocycles. The molecule has 1 saturated heterocycles. The second-order valence-corrected chi connectivity index (χ2v) is 9.95. The Kier molecular flexibility index (Phi) is 6.88. The number of nitrogens with zero attached hydrogens (tertiary/aromatic N) is 2. The fourth-order valence-electron chi connectivity index (χ4n) is 4.22. The number of hydrogen-bond donors (Lipinski definition) is 1. The predicted molar refractivity (Wildman–Crippen MR) is 130 cm³/mol. The van der Waals surface area contributed by atoms with Crippen molar-refractivity contribution in [2.75, 3.05) is 13.1 Å². The third-order valence-corrected chi connectivity index (χ3v) is 7.76. The van der Waals surface area contributed by atoms with Crippen molar-refractivity contribution in [3.8, 4) is 0 Å². The van der Waals surface area contributed by atoms with Crippen molar-refractivity contribution in [2.24, 2.45) is 5.92 Å². The molecule has 0 bridgehead atoms. The summed E-state index contributed by atoms with van der Waals surface area (Å²) < 4.78 is 0. The van der Waals surface area contributed by atoms with Gasteiger partial charge in [-0.2, -0.15) is 0 Å². The Hall–Kier alpha value is -3.06. The lowest BCUT2D eigenvalue weighted by Crippen LogP contribution is -2.61. The third-order valence-electron chi connectivity index (χ3n) is 6.31. The number of hydrogen-bond acceptors (Lipinski definition) is 4. The molecule has 33 heavy (non-hydrogen) atoms. The van der Waals surface area contributed by atoms with E-state index in [9.17, 15) is 14.4 Å². The topological polar surface area (TPSA) is 69.7 Å². The van der Waals surface area contributed by atoms with Gasteiger partial charge in [-0.25, -0.2) is 4.79 Å². The highest BCUT2D eigenvalue weighted by Gasteiger charge is 2.50. The first-order valence-corrected chi connectivity index (χ1v) is 12.1. The van der Waals surface area contributed by atoms with Gasteiger partial charge in [0.25, 0.3) is 0 Å². The normalized spacial score (nSPS) is 20.3. The van der Waals surface area contributed by atoms with Crippen molar-refractivity contribution in [3.05, 3.63) is 81.8 Å². The van der Waals surface area contributed by atoms with E-state index in [1.165, 1.54) is 16.7 Å². The molecule has 4 rings (SSSR count). The van der Waals surface area contributed by atoms with E-state index in [1.807, 2.05) is 75.4 Å². The van der Waals surface area contributed by atoms with Gasteiger partial charge in [0.15, 0.2) is 0 Å². The number of benzene rings is 2. The zero-order valence-corrected chi connectivity index (χ0v) is 20.0. The summed E-state index contributed by atoms with van der Waals surface area (Å²) in [5.41, 5.74) is 4.20. The smallest absolute Gasteiger partial charge is 0.328 e. The van der Waals surface area contributed by atoms with Gasteiger partial charge in [0.05, 0.1) is 11.3 Å². The molecule has 4 amide bonds. The summed E-state index contributed by atoms with van der Waals surface area (Å²) in [7, 11) is 0. The standard InChI is InChI=1S/C26H29N3O3S/c1-17-9-11-21(12-10-17)15-27-22(30)16-29-25-23(18(2)19(3)33-25)24(31)28(26(29)32)14-13-20-7-5-4-6-8-20/h4-12,23,25H,13-16H2,1-3H3,(H,27,30). The quantitative estimate of drug-likeness (QED) is 0.671. The molecule has 0 aliphatic carbocycles. The number of imide groups is 1. The summed E-state index contributed by atoms with van der Waals surface area (Å²) in [5.74, 6) is -0.810. The molecule has 2 aliphatic rings. The van der Waals surface area contributed by atoms with Crippen LogP contribution in [0, 0.1) is 12.8 Å². The minimum atomic E-state index is -0.409. The lowest BCUT2D eigenvalue weighted by atomic mass is 9.95. The number of allylic oxidation sites excluding steroid dienone is 1. The van der Waals surface area contributed by atoms with E-state index in [0.717, 1.165) is 27.2 Å². The average molecular weight is 464 g/mol. The number of carbonyl (C=O) groups excluding carboxylic acids is 3. The molecule has 2 atom stereocenters. The maximum absolute atomic E-state index is 13.4. The van der Waals surface area contributed by atoms with Crippen LogP contribution >= 0.6 is 11.8 Å². The summed E-state index contributed by atoms with van der Waals surface area (Å²) in [4.78, 5) is 43.4. The molecule has 2 aromatic carbocycles. The molecule has 2 unspecified atom stereocenters. The van der Waals surface area contributed by atoms with Crippen LogP contribution in [0.3, 0.4) is 0 Å². The van der Waals surface area contributed by atoms with Crippen LogP contribution in [0.4, 0.5) is 4.79 Å². The van der Waals surface area contributed by atoms with Gasteiger partial charge in [-0.1, -0.05) is 60.2 Å². The van der Waals surface area contributed by atoms with Crippen LogP contribution in [0.15, 0.2) is 65.1 Å². The first-order chi connectivity index (χ1) is 15.8. The molecule has 2 heterocycles. The summed E-state index contributed by atoms with van der Waals surface area (Å²) in [6, 6.07) is 17.4. The van der Waals surface area contributed by atoms with E-state index in [0.29, 0.717) is 19.5 Å². The Bertz CT molecular complexity index is 1080. The van der Waals surface area contributed by atoms with Gasteiger partial charge < -0.3 is 10.2 Å². The van der Waals surface area contributed by atoms with Crippen LogP contribution in [-0.2, 0) is 22.6 Å². The molecular weight excluding hydrogens is 434 g/mol. The zero-order valence-electron chi connectivity index (χ0n) is 19.2. The second-order valence-electron chi connectivity index (χ2n) is 8.62. The molecule has 1 N–H and O–H groups in total. The van der Waals surface area contributed by atoms with Gasteiger partial charge in [-0.3, -0.25) is 14.5 Å². The first-order valence-electron chi connectivity index (χ1n) is 11.2. The number of fused-ring (bicyclic) bond motifs is 1.